The third-order valence-corrected chi connectivity index (χ3v) is 3.86. The molecule has 3 nitrogen and oxygen atoms in total. The Balaban J connectivity index is 2.39. The number of rotatable bonds is 2. The molecule has 0 bridgehead atoms. The van der Waals surface area contributed by atoms with Gasteiger partial charge in [-0.05, 0) is 30.7 Å². The number of carbonyl (C=O) groups is 1. The third kappa shape index (κ3) is 2.20. The minimum Gasteiger partial charge on any atom is -0.465 e. The molecule has 106 valence electrons. The lowest BCUT2D eigenvalue weighted by Gasteiger charge is -2.07. The number of benzene rings is 1. The zero-order valence-corrected chi connectivity index (χ0v) is 12.5. The molecule has 4 heteroatoms. The number of fused-ring (bicyclic) bond motifs is 1. The van der Waals surface area contributed by atoms with E-state index in [-0.39, 0.29) is 5.97 Å². The number of esters is 1. The normalized spacial score (nSPS) is 10.8. The van der Waals surface area contributed by atoms with Gasteiger partial charge in [0.2, 0.25) is 0 Å². The first kappa shape index (κ1) is 13.7. The first-order valence-electron chi connectivity index (χ1n) is 6.58. The second-order valence-corrected chi connectivity index (χ2v) is 5.21. The maximum atomic E-state index is 12.0. The van der Waals surface area contributed by atoms with Crippen molar-refractivity contribution in [1.82, 2.24) is 4.40 Å². The summed E-state index contributed by atoms with van der Waals surface area (Å²) in [7, 11) is 1.38. The average Bonchev–Trinajstić information content (AvgIpc) is 2.88. The molecule has 2 heterocycles. The molecule has 0 radical (unpaired) electrons. The fraction of sp³-hybridized carbons (Fsp3) is 0.118. The molecular weight excluding hydrogens is 286 g/mol. The molecule has 2 aromatic heterocycles. The van der Waals surface area contributed by atoms with Gasteiger partial charge in [0.05, 0.1) is 23.9 Å². The zero-order valence-electron chi connectivity index (χ0n) is 11.8. The van der Waals surface area contributed by atoms with Crippen LogP contribution in [-0.4, -0.2) is 17.5 Å². The Kier molecular flexibility index (Phi) is 3.43. The molecule has 1 aromatic carbocycles. The van der Waals surface area contributed by atoms with Gasteiger partial charge in [-0.1, -0.05) is 41.9 Å². The molecule has 0 saturated heterocycles. The van der Waals surface area contributed by atoms with E-state index in [4.69, 9.17) is 16.3 Å². The van der Waals surface area contributed by atoms with E-state index in [0.717, 1.165) is 22.3 Å². The van der Waals surface area contributed by atoms with Crippen molar-refractivity contribution < 1.29 is 9.53 Å². The van der Waals surface area contributed by atoms with Crippen LogP contribution < -0.4 is 0 Å². The molecule has 0 atom stereocenters. The first-order valence-corrected chi connectivity index (χ1v) is 6.95. The number of ether oxygens (including phenoxy) is 1. The van der Waals surface area contributed by atoms with Gasteiger partial charge in [-0.3, -0.25) is 4.40 Å². The first-order chi connectivity index (χ1) is 10.1. The fourth-order valence-electron chi connectivity index (χ4n) is 2.55. The Hall–Kier alpha value is -2.26. The summed E-state index contributed by atoms with van der Waals surface area (Å²) >= 11 is 6.34. The summed E-state index contributed by atoms with van der Waals surface area (Å²) in [6.45, 7) is 2.03. The highest BCUT2D eigenvalue weighted by atomic mass is 35.5. The standard InChI is InChI=1S/C17H14ClNO2/c1-11-6-3-4-7-12(11)15-10-13(17(20)21-2)14-8-5-9-16(18)19(14)15/h3-10H,1-2H3. The lowest BCUT2D eigenvalue weighted by Crippen LogP contribution is -2.00. The average molecular weight is 300 g/mol. The van der Waals surface area contributed by atoms with Gasteiger partial charge >= 0.3 is 5.97 Å². The number of halogens is 1. The van der Waals surface area contributed by atoms with E-state index in [1.54, 1.807) is 6.07 Å². The molecule has 0 unspecified atom stereocenters. The molecule has 3 rings (SSSR count). The lowest BCUT2D eigenvalue weighted by atomic mass is 10.1. The van der Waals surface area contributed by atoms with Gasteiger partial charge in [0, 0.05) is 5.56 Å². The van der Waals surface area contributed by atoms with E-state index in [1.807, 2.05) is 53.8 Å². The Bertz CT molecular complexity index is 836. The summed E-state index contributed by atoms with van der Waals surface area (Å²) in [5.74, 6) is -0.366. The van der Waals surface area contributed by atoms with Crippen LogP contribution in [0.4, 0.5) is 0 Å². The Morgan fingerprint density at radius 2 is 1.90 bits per heavy atom. The molecule has 0 fully saturated rings. The second kappa shape index (κ2) is 5.26. The molecule has 0 aliphatic heterocycles. The monoisotopic (exact) mass is 299 g/mol. The number of methoxy groups -OCH3 is 1. The molecule has 0 N–H and O–H groups in total. The van der Waals surface area contributed by atoms with Crippen molar-refractivity contribution in [1.29, 1.82) is 0 Å². The molecular formula is C17H14ClNO2. The number of nitrogens with zero attached hydrogens (tertiary/aromatic N) is 1. The second-order valence-electron chi connectivity index (χ2n) is 4.82. The van der Waals surface area contributed by atoms with Gasteiger partial charge in [-0.2, -0.15) is 0 Å². The number of aryl methyl sites for hydroxylation is 1. The van der Waals surface area contributed by atoms with Gasteiger partial charge < -0.3 is 4.74 Å². The number of aromatic nitrogens is 1. The fourth-order valence-corrected chi connectivity index (χ4v) is 2.80. The quantitative estimate of drug-likeness (QED) is 0.520. The minimum atomic E-state index is -0.366. The predicted octanol–water partition coefficient (Wildman–Crippen LogP) is 4.35. The lowest BCUT2D eigenvalue weighted by molar-refractivity contribution is 0.0603. The predicted molar refractivity (Wildman–Crippen MR) is 83.9 cm³/mol. The van der Waals surface area contributed by atoms with Crippen molar-refractivity contribution in [3.63, 3.8) is 0 Å². The van der Waals surface area contributed by atoms with Crippen molar-refractivity contribution in [2.75, 3.05) is 7.11 Å². The van der Waals surface area contributed by atoms with Crippen LogP contribution >= 0.6 is 11.6 Å². The topological polar surface area (TPSA) is 30.7 Å². The van der Waals surface area contributed by atoms with Gasteiger partial charge in [0.1, 0.15) is 5.15 Å². The smallest absolute Gasteiger partial charge is 0.340 e. The Labute approximate surface area is 127 Å². The van der Waals surface area contributed by atoms with Crippen molar-refractivity contribution in [3.05, 3.63) is 64.8 Å². The van der Waals surface area contributed by atoms with Crippen LogP contribution in [0.2, 0.25) is 5.15 Å². The van der Waals surface area contributed by atoms with E-state index >= 15 is 0 Å². The van der Waals surface area contributed by atoms with Gasteiger partial charge in [-0.15, -0.1) is 0 Å². The Morgan fingerprint density at radius 3 is 2.62 bits per heavy atom. The van der Waals surface area contributed by atoms with Gasteiger partial charge in [-0.25, -0.2) is 4.79 Å². The highest BCUT2D eigenvalue weighted by Crippen LogP contribution is 2.31. The summed E-state index contributed by atoms with van der Waals surface area (Å²) in [5, 5.41) is 0.556. The van der Waals surface area contributed by atoms with Crippen LogP contribution in [0.25, 0.3) is 16.8 Å². The summed E-state index contributed by atoms with van der Waals surface area (Å²) < 4.78 is 6.74. The number of carbonyl (C=O) groups excluding carboxylic acids is 1. The number of hydrogen-bond donors (Lipinski definition) is 0. The Morgan fingerprint density at radius 1 is 1.14 bits per heavy atom. The van der Waals surface area contributed by atoms with Gasteiger partial charge in [0.25, 0.3) is 0 Å². The van der Waals surface area contributed by atoms with E-state index in [9.17, 15) is 4.79 Å². The zero-order chi connectivity index (χ0) is 15.0. The minimum absolute atomic E-state index is 0.366. The van der Waals surface area contributed by atoms with Crippen molar-refractivity contribution in [2.24, 2.45) is 0 Å². The highest BCUT2D eigenvalue weighted by molar-refractivity contribution is 6.30. The van der Waals surface area contributed by atoms with E-state index in [0.29, 0.717) is 10.7 Å². The van der Waals surface area contributed by atoms with Crippen LogP contribution in [-0.2, 0) is 4.74 Å². The highest BCUT2D eigenvalue weighted by Gasteiger charge is 2.18. The van der Waals surface area contributed by atoms with E-state index < -0.39 is 0 Å². The van der Waals surface area contributed by atoms with Gasteiger partial charge in [0.15, 0.2) is 0 Å². The SMILES string of the molecule is COC(=O)c1cc(-c2ccccc2C)n2c(Cl)cccc12. The van der Waals surface area contributed by atoms with E-state index in [2.05, 4.69) is 0 Å². The molecule has 3 aromatic rings. The molecule has 0 amide bonds. The molecule has 0 aliphatic rings. The van der Waals surface area contributed by atoms with Crippen molar-refractivity contribution in [2.45, 2.75) is 6.92 Å². The molecule has 21 heavy (non-hydrogen) atoms. The summed E-state index contributed by atoms with van der Waals surface area (Å²) in [4.78, 5) is 12.0. The number of hydrogen-bond acceptors (Lipinski definition) is 2. The summed E-state index contributed by atoms with van der Waals surface area (Å²) in [5.41, 5.74) is 4.30. The van der Waals surface area contributed by atoms with Crippen molar-refractivity contribution >= 4 is 23.1 Å². The van der Waals surface area contributed by atoms with Crippen LogP contribution in [0.5, 0.6) is 0 Å². The van der Waals surface area contributed by atoms with Crippen LogP contribution in [0.15, 0.2) is 48.5 Å². The maximum absolute atomic E-state index is 12.0. The van der Waals surface area contributed by atoms with Crippen molar-refractivity contribution in [3.8, 4) is 11.3 Å². The maximum Gasteiger partial charge on any atom is 0.340 e. The van der Waals surface area contributed by atoms with Crippen LogP contribution in [0.1, 0.15) is 15.9 Å². The largest absolute Gasteiger partial charge is 0.465 e. The summed E-state index contributed by atoms with van der Waals surface area (Å²) in [6, 6.07) is 15.3. The summed E-state index contributed by atoms with van der Waals surface area (Å²) in [6.07, 6.45) is 0. The van der Waals surface area contributed by atoms with E-state index in [1.165, 1.54) is 7.11 Å². The molecule has 0 aliphatic carbocycles. The van der Waals surface area contributed by atoms with Crippen LogP contribution in [0, 0.1) is 6.92 Å². The molecule has 0 saturated carbocycles. The molecule has 0 spiro atoms. The third-order valence-electron chi connectivity index (χ3n) is 3.57. The van der Waals surface area contributed by atoms with Crippen LogP contribution in [0.3, 0.4) is 0 Å². The number of pyridine rings is 1.